The molecule has 0 unspecified atom stereocenters. The molecule has 0 N–H and O–H groups in total. The van der Waals surface area contributed by atoms with Gasteiger partial charge < -0.3 is 8.98 Å². The van der Waals surface area contributed by atoms with Crippen molar-refractivity contribution in [3.8, 4) is 51.0 Å². The van der Waals surface area contributed by atoms with E-state index in [-0.39, 0.29) is 0 Å². The average Bonchev–Trinajstić information content (AvgIpc) is 3.95. The van der Waals surface area contributed by atoms with Crippen molar-refractivity contribution in [3.63, 3.8) is 0 Å². The minimum absolute atomic E-state index is 0.543. The SMILES string of the molecule is c1ccc(-c2nc(-c3cnc4oc5ccccc5c4c3)nc(-c3ccc4sc5ccccc5c4c3)n2)c(-c2ccc(-n3c4ccccc4c4ccccc43)cc2)c1. The summed E-state index contributed by atoms with van der Waals surface area (Å²) in [4.78, 5) is 20.3. The summed E-state index contributed by atoms with van der Waals surface area (Å²) in [6.07, 6.45) is 1.79. The first-order valence-corrected chi connectivity index (χ1v) is 19.7. The van der Waals surface area contributed by atoms with E-state index in [0.29, 0.717) is 23.2 Å². The van der Waals surface area contributed by atoms with Gasteiger partial charge in [0.2, 0.25) is 5.71 Å². The van der Waals surface area contributed by atoms with Crippen LogP contribution in [-0.4, -0.2) is 24.5 Å². The second-order valence-electron chi connectivity index (χ2n) is 14.3. The van der Waals surface area contributed by atoms with Gasteiger partial charge in [-0.05, 0) is 71.8 Å². The predicted molar refractivity (Wildman–Crippen MR) is 234 cm³/mol. The van der Waals surface area contributed by atoms with Gasteiger partial charge >= 0.3 is 0 Å². The summed E-state index contributed by atoms with van der Waals surface area (Å²) in [5, 5.41) is 6.82. The number of pyridine rings is 1. The van der Waals surface area contributed by atoms with Crippen molar-refractivity contribution in [2.24, 2.45) is 0 Å². The highest BCUT2D eigenvalue weighted by Crippen LogP contribution is 2.39. The van der Waals surface area contributed by atoms with Crippen LogP contribution in [-0.2, 0) is 0 Å². The van der Waals surface area contributed by atoms with Gasteiger partial charge in [-0.1, -0.05) is 109 Å². The average molecular weight is 748 g/mol. The standard InChI is InChI=1S/C50H29N5OS/c1-2-16-39(34(11-1)30-21-24-33(25-22-30)55-42-17-7-3-12-35(42)36-13-4-8-18-43(36)55)49-53-47(31-23-26-46-40(27-31)38-15-6-10-20-45(38)57-46)52-48(54-49)32-28-41-37-14-5-9-19-44(37)56-50(41)51-29-32/h1-29H. The lowest BCUT2D eigenvalue weighted by atomic mass is 9.98. The molecule has 0 radical (unpaired) electrons. The first-order chi connectivity index (χ1) is 28.2. The van der Waals surface area contributed by atoms with E-state index in [2.05, 4.69) is 150 Å². The number of para-hydroxylation sites is 3. The molecule has 0 aliphatic rings. The highest BCUT2D eigenvalue weighted by atomic mass is 32.1. The quantitative estimate of drug-likeness (QED) is 0.175. The Kier molecular flexibility index (Phi) is 7.00. The van der Waals surface area contributed by atoms with Crippen molar-refractivity contribution in [2.75, 3.05) is 0 Å². The van der Waals surface area contributed by atoms with E-state index >= 15 is 0 Å². The molecule has 5 aromatic heterocycles. The van der Waals surface area contributed by atoms with Crippen LogP contribution in [0.3, 0.4) is 0 Å². The Hall–Kier alpha value is -7.48. The van der Waals surface area contributed by atoms with Crippen LogP contribution in [0.2, 0.25) is 0 Å². The molecule has 0 saturated carbocycles. The van der Waals surface area contributed by atoms with Crippen molar-refractivity contribution in [3.05, 3.63) is 176 Å². The van der Waals surface area contributed by atoms with Gasteiger partial charge in [-0.3, -0.25) is 0 Å². The number of thiophene rings is 1. The van der Waals surface area contributed by atoms with Gasteiger partial charge in [0.1, 0.15) is 5.58 Å². The molecule has 0 spiro atoms. The van der Waals surface area contributed by atoms with Gasteiger partial charge in [-0.25, -0.2) is 19.9 Å². The van der Waals surface area contributed by atoms with Crippen molar-refractivity contribution in [2.45, 2.75) is 0 Å². The van der Waals surface area contributed by atoms with E-state index in [9.17, 15) is 0 Å². The van der Waals surface area contributed by atoms with Gasteiger partial charge in [0.25, 0.3) is 0 Å². The van der Waals surface area contributed by atoms with E-state index < -0.39 is 0 Å². The second kappa shape index (κ2) is 12.5. The monoisotopic (exact) mass is 747 g/mol. The molecule has 266 valence electrons. The third-order valence-electron chi connectivity index (χ3n) is 10.9. The van der Waals surface area contributed by atoms with Crippen LogP contribution in [0.15, 0.2) is 180 Å². The van der Waals surface area contributed by atoms with Gasteiger partial charge in [-0.2, -0.15) is 0 Å². The van der Waals surface area contributed by atoms with E-state index in [1.165, 1.54) is 42.0 Å². The summed E-state index contributed by atoms with van der Waals surface area (Å²) in [6.45, 7) is 0. The Balaban J connectivity index is 1.03. The normalized spacial score (nSPS) is 11.9. The molecule has 57 heavy (non-hydrogen) atoms. The fourth-order valence-corrected chi connectivity index (χ4v) is 9.36. The van der Waals surface area contributed by atoms with Gasteiger partial charge in [0.05, 0.1) is 11.0 Å². The lowest BCUT2D eigenvalue weighted by molar-refractivity contribution is 0.654. The van der Waals surface area contributed by atoms with Crippen molar-refractivity contribution in [1.29, 1.82) is 0 Å². The summed E-state index contributed by atoms with van der Waals surface area (Å²) < 4.78 is 10.9. The number of hydrogen-bond acceptors (Lipinski definition) is 6. The van der Waals surface area contributed by atoms with Crippen LogP contribution in [0.5, 0.6) is 0 Å². The maximum atomic E-state index is 6.07. The Labute approximate surface area is 330 Å². The van der Waals surface area contributed by atoms with Crippen LogP contribution in [0.1, 0.15) is 0 Å². The smallest absolute Gasteiger partial charge is 0.227 e. The maximum absolute atomic E-state index is 6.07. The summed E-state index contributed by atoms with van der Waals surface area (Å²) >= 11 is 1.80. The van der Waals surface area contributed by atoms with E-state index in [1.807, 2.05) is 24.3 Å². The van der Waals surface area contributed by atoms with Gasteiger partial charge in [0.15, 0.2) is 17.5 Å². The summed E-state index contributed by atoms with van der Waals surface area (Å²) in [5.41, 5.74) is 9.56. The number of fused-ring (bicyclic) bond motifs is 9. The minimum Gasteiger partial charge on any atom is -0.438 e. The predicted octanol–water partition coefficient (Wildman–Crippen LogP) is 13.3. The summed E-state index contributed by atoms with van der Waals surface area (Å²) in [5.74, 6) is 1.73. The molecule has 0 fully saturated rings. The lowest BCUT2D eigenvalue weighted by Gasteiger charge is -2.13. The zero-order chi connectivity index (χ0) is 37.5. The van der Waals surface area contributed by atoms with Gasteiger partial charge in [0, 0.05) is 70.3 Å². The van der Waals surface area contributed by atoms with Crippen molar-refractivity contribution in [1.82, 2.24) is 24.5 Å². The number of furan rings is 1. The number of rotatable bonds is 5. The Morgan fingerprint density at radius 1 is 0.421 bits per heavy atom. The molecule has 7 heteroatoms. The molecule has 12 aromatic rings. The summed E-state index contributed by atoms with van der Waals surface area (Å²) in [6, 6.07) is 59.4. The zero-order valence-electron chi connectivity index (χ0n) is 30.3. The third kappa shape index (κ3) is 5.10. The minimum atomic E-state index is 0.543. The Morgan fingerprint density at radius 3 is 1.79 bits per heavy atom. The summed E-state index contributed by atoms with van der Waals surface area (Å²) in [7, 11) is 0. The van der Waals surface area contributed by atoms with Crippen LogP contribution in [0, 0.1) is 0 Å². The number of nitrogens with zero attached hydrogens (tertiary/aromatic N) is 5. The molecule has 0 aliphatic carbocycles. The molecule has 0 aliphatic heterocycles. The number of hydrogen-bond donors (Lipinski definition) is 0. The van der Waals surface area contributed by atoms with Gasteiger partial charge in [-0.15, -0.1) is 11.3 Å². The Morgan fingerprint density at radius 2 is 1.00 bits per heavy atom. The lowest BCUT2D eigenvalue weighted by Crippen LogP contribution is -2.01. The highest BCUT2D eigenvalue weighted by molar-refractivity contribution is 7.25. The van der Waals surface area contributed by atoms with Crippen LogP contribution in [0.4, 0.5) is 0 Å². The maximum Gasteiger partial charge on any atom is 0.227 e. The second-order valence-corrected chi connectivity index (χ2v) is 15.3. The van der Waals surface area contributed by atoms with Crippen molar-refractivity contribution < 1.29 is 4.42 Å². The van der Waals surface area contributed by atoms with E-state index in [1.54, 1.807) is 17.5 Å². The van der Waals surface area contributed by atoms with Crippen LogP contribution in [0.25, 0.3) is 115 Å². The topological polar surface area (TPSA) is 69.6 Å². The first-order valence-electron chi connectivity index (χ1n) is 18.9. The highest BCUT2D eigenvalue weighted by Gasteiger charge is 2.19. The van der Waals surface area contributed by atoms with Crippen molar-refractivity contribution >= 4 is 75.4 Å². The van der Waals surface area contributed by atoms with E-state index in [0.717, 1.165) is 49.9 Å². The number of aromatic nitrogens is 5. The number of benzene rings is 7. The Bertz CT molecular complexity index is 3360. The molecule has 0 bridgehead atoms. The molecule has 6 nitrogen and oxygen atoms in total. The van der Waals surface area contributed by atoms with E-state index in [4.69, 9.17) is 24.4 Å². The zero-order valence-corrected chi connectivity index (χ0v) is 31.1. The van der Waals surface area contributed by atoms with Crippen LogP contribution >= 0.6 is 11.3 Å². The fourth-order valence-electron chi connectivity index (χ4n) is 8.27. The molecule has 0 atom stereocenters. The first kappa shape index (κ1) is 31.8. The third-order valence-corrected chi connectivity index (χ3v) is 12.1. The molecule has 0 amide bonds. The molecule has 5 heterocycles. The van der Waals surface area contributed by atoms with Crippen LogP contribution < -0.4 is 0 Å². The molecule has 0 saturated heterocycles. The fraction of sp³-hybridized carbons (Fsp3) is 0. The molecule has 7 aromatic carbocycles. The largest absolute Gasteiger partial charge is 0.438 e. The molecular weight excluding hydrogens is 719 g/mol. The molecular formula is C50H29N5OS. The molecule has 12 rings (SSSR count).